The van der Waals surface area contributed by atoms with Gasteiger partial charge in [-0.2, -0.15) is 13.2 Å². The van der Waals surface area contributed by atoms with E-state index in [2.05, 4.69) is 14.9 Å². The Labute approximate surface area is 157 Å². The van der Waals surface area contributed by atoms with E-state index in [1.54, 1.807) is 18.2 Å². The minimum absolute atomic E-state index is 0.254. The van der Waals surface area contributed by atoms with Gasteiger partial charge in [0.05, 0.1) is 5.69 Å². The Morgan fingerprint density at radius 3 is 2.70 bits per heavy atom. The van der Waals surface area contributed by atoms with Crippen LogP contribution in [0.25, 0.3) is 10.4 Å². The summed E-state index contributed by atoms with van der Waals surface area (Å²) in [5, 5.41) is 0. The molecule has 0 N–H and O–H groups in total. The number of thiophene rings is 1. The molecule has 27 heavy (non-hydrogen) atoms. The average Bonchev–Trinajstić information content (AvgIpc) is 3.09. The SMILES string of the molecule is Fc1ccccc1-c1ccc(CN2CCc3nc(C(F)(F)F)ncc3C2)s1. The molecule has 4 rings (SSSR count). The second-order valence-corrected chi connectivity index (χ2v) is 7.54. The van der Waals surface area contributed by atoms with Crippen molar-refractivity contribution >= 4 is 11.3 Å². The van der Waals surface area contributed by atoms with Crippen LogP contribution in [-0.4, -0.2) is 21.4 Å². The predicted octanol–water partition coefficient (Wildman–Crippen LogP) is 4.92. The number of benzene rings is 1. The van der Waals surface area contributed by atoms with Crippen LogP contribution in [0.2, 0.25) is 0 Å². The molecule has 0 fully saturated rings. The minimum Gasteiger partial charge on any atom is -0.293 e. The van der Waals surface area contributed by atoms with Gasteiger partial charge in [-0.25, -0.2) is 14.4 Å². The van der Waals surface area contributed by atoms with Crippen molar-refractivity contribution in [1.82, 2.24) is 14.9 Å². The first kappa shape index (κ1) is 18.1. The second-order valence-electron chi connectivity index (χ2n) is 6.37. The molecule has 8 heteroatoms. The lowest BCUT2D eigenvalue weighted by atomic mass is 10.1. The predicted molar refractivity (Wildman–Crippen MR) is 94.6 cm³/mol. The van der Waals surface area contributed by atoms with E-state index in [1.807, 2.05) is 12.1 Å². The van der Waals surface area contributed by atoms with Crippen LogP contribution in [0.5, 0.6) is 0 Å². The van der Waals surface area contributed by atoms with Gasteiger partial charge in [-0.05, 0) is 18.2 Å². The number of alkyl halides is 3. The van der Waals surface area contributed by atoms with Crippen LogP contribution >= 0.6 is 11.3 Å². The van der Waals surface area contributed by atoms with Crippen LogP contribution in [0.15, 0.2) is 42.6 Å². The summed E-state index contributed by atoms with van der Waals surface area (Å²) in [7, 11) is 0. The zero-order valence-corrected chi connectivity index (χ0v) is 14.9. The standard InChI is InChI=1S/C19H15F4N3S/c20-15-4-2-1-3-14(15)17-6-5-13(27-17)11-26-8-7-16-12(10-26)9-24-18(25-16)19(21,22)23/h1-6,9H,7-8,10-11H2. The van der Waals surface area contributed by atoms with E-state index in [9.17, 15) is 17.6 Å². The molecule has 3 heterocycles. The lowest BCUT2D eigenvalue weighted by molar-refractivity contribution is -0.145. The maximum absolute atomic E-state index is 13.9. The number of rotatable bonds is 3. The van der Waals surface area contributed by atoms with Gasteiger partial charge >= 0.3 is 6.18 Å². The number of halogens is 4. The van der Waals surface area contributed by atoms with Gasteiger partial charge in [0, 0.05) is 53.1 Å². The second kappa shape index (κ2) is 7.01. The third-order valence-corrected chi connectivity index (χ3v) is 5.55. The van der Waals surface area contributed by atoms with Crippen molar-refractivity contribution in [2.45, 2.75) is 25.7 Å². The average molecular weight is 393 g/mol. The first-order valence-electron chi connectivity index (χ1n) is 8.38. The lowest BCUT2D eigenvalue weighted by Crippen LogP contribution is -2.31. The number of hydrogen-bond acceptors (Lipinski definition) is 4. The highest BCUT2D eigenvalue weighted by Crippen LogP contribution is 2.32. The molecule has 0 aliphatic carbocycles. The quantitative estimate of drug-likeness (QED) is 0.592. The highest BCUT2D eigenvalue weighted by atomic mass is 32.1. The largest absolute Gasteiger partial charge is 0.451 e. The van der Waals surface area contributed by atoms with Gasteiger partial charge < -0.3 is 0 Å². The molecule has 0 saturated heterocycles. The van der Waals surface area contributed by atoms with E-state index >= 15 is 0 Å². The summed E-state index contributed by atoms with van der Waals surface area (Å²) in [6.45, 7) is 1.77. The zero-order chi connectivity index (χ0) is 19.0. The molecule has 0 amide bonds. The molecule has 0 atom stereocenters. The third kappa shape index (κ3) is 3.86. The summed E-state index contributed by atoms with van der Waals surface area (Å²) in [5.41, 5.74) is 1.76. The van der Waals surface area contributed by atoms with Crippen LogP contribution in [-0.2, 0) is 25.7 Å². The van der Waals surface area contributed by atoms with Crippen molar-refractivity contribution in [1.29, 1.82) is 0 Å². The van der Waals surface area contributed by atoms with Crippen LogP contribution in [0, 0.1) is 5.82 Å². The summed E-state index contributed by atoms with van der Waals surface area (Å²) >= 11 is 1.52. The van der Waals surface area contributed by atoms with Crippen LogP contribution in [0.1, 0.15) is 22.0 Å². The van der Waals surface area contributed by atoms with E-state index in [4.69, 9.17) is 0 Å². The molecule has 3 aromatic rings. The maximum Gasteiger partial charge on any atom is 0.451 e. The van der Waals surface area contributed by atoms with Gasteiger partial charge in [-0.1, -0.05) is 18.2 Å². The minimum atomic E-state index is -4.52. The first-order chi connectivity index (χ1) is 12.9. The van der Waals surface area contributed by atoms with Crippen molar-refractivity contribution in [2.75, 3.05) is 6.54 Å². The Kier molecular flexibility index (Phi) is 4.69. The Morgan fingerprint density at radius 1 is 1.11 bits per heavy atom. The molecule has 0 bridgehead atoms. The Hall–Kier alpha value is -2.32. The number of fused-ring (bicyclic) bond motifs is 1. The van der Waals surface area contributed by atoms with Gasteiger partial charge in [-0.3, -0.25) is 4.90 Å². The maximum atomic E-state index is 13.9. The molecule has 0 spiro atoms. The van der Waals surface area contributed by atoms with Gasteiger partial charge in [0.2, 0.25) is 5.82 Å². The monoisotopic (exact) mass is 393 g/mol. The molecule has 2 aromatic heterocycles. The highest BCUT2D eigenvalue weighted by Gasteiger charge is 2.35. The van der Waals surface area contributed by atoms with Gasteiger partial charge in [0.15, 0.2) is 0 Å². The van der Waals surface area contributed by atoms with E-state index in [0.717, 1.165) is 15.3 Å². The summed E-state index contributed by atoms with van der Waals surface area (Å²) in [6, 6.07) is 10.5. The normalized spacial score (nSPS) is 15.0. The molecule has 140 valence electrons. The molecule has 3 nitrogen and oxygen atoms in total. The molecule has 0 saturated carbocycles. The molecule has 1 aromatic carbocycles. The fraction of sp³-hybridized carbons (Fsp3) is 0.263. The molecule has 1 aliphatic heterocycles. The molecule has 1 aliphatic rings. The molecular formula is C19H15F4N3S. The fourth-order valence-corrected chi connectivity index (χ4v) is 4.21. The molecule has 0 radical (unpaired) electrons. The van der Waals surface area contributed by atoms with Gasteiger partial charge in [-0.15, -0.1) is 11.3 Å². The van der Waals surface area contributed by atoms with Crippen molar-refractivity contribution in [2.24, 2.45) is 0 Å². The van der Waals surface area contributed by atoms with Gasteiger partial charge in [0.1, 0.15) is 5.82 Å². The summed E-state index contributed by atoms with van der Waals surface area (Å²) in [4.78, 5) is 11.2. The third-order valence-electron chi connectivity index (χ3n) is 4.45. The Bertz CT molecular complexity index is 968. The number of aromatic nitrogens is 2. The van der Waals surface area contributed by atoms with Crippen molar-refractivity contribution in [3.63, 3.8) is 0 Å². The van der Waals surface area contributed by atoms with Crippen LogP contribution in [0.4, 0.5) is 17.6 Å². The highest BCUT2D eigenvalue weighted by molar-refractivity contribution is 7.15. The Balaban J connectivity index is 1.47. The Morgan fingerprint density at radius 2 is 1.93 bits per heavy atom. The summed E-state index contributed by atoms with van der Waals surface area (Å²) in [6.07, 6.45) is -2.80. The van der Waals surface area contributed by atoms with E-state index in [-0.39, 0.29) is 5.82 Å². The van der Waals surface area contributed by atoms with E-state index < -0.39 is 12.0 Å². The van der Waals surface area contributed by atoms with Crippen LogP contribution in [0.3, 0.4) is 0 Å². The van der Waals surface area contributed by atoms with Crippen molar-refractivity contribution < 1.29 is 17.6 Å². The smallest absolute Gasteiger partial charge is 0.293 e. The number of nitrogens with zero attached hydrogens (tertiary/aromatic N) is 3. The zero-order valence-electron chi connectivity index (χ0n) is 14.1. The summed E-state index contributed by atoms with van der Waals surface area (Å²) in [5.74, 6) is -1.34. The summed E-state index contributed by atoms with van der Waals surface area (Å²) < 4.78 is 52.1. The van der Waals surface area contributed by atoms with Crippen molar-refractivity contribution in [3.05, 3.63) is 70.4 Å². The fourth-order valence-electron chi connectivity index (χ4n) is 3.14. The molecular weight excluding hydrogens is 378 g/mol. The van der Waals surface area contributed by atoms with E-state index in [1.165, 1.54) is 23.6 Å². The molecule has 0 unspecified atom stereocenters. The first-order valence-corrected chi connectivity index (χ1v) is 9.20. The van der Waals surface area contributed by atoms with E-state index in [0.29, 0.717) is 37.3 Å². The van der Waals surface area contributed by atoms with Crippen molar-refractivity contribution in [3.8, 4) is 10.4 Å². The lowest BCUT2D eigenvalue weighted by Gasteiger charge is -2.27. The van der Waals surface area contributed by atoms with Crippen LogP contribution < -0.4 is 0 Å². The topological polar surface area (TPSA) is 29.0 Å². The van der Waals surface area contributed by atoms with Gasteiger partial charge in [0.25, 0.3) is 0 Å². The number of hydrogen-bond donors (Lipinski definition) is 0.